The number of halogens is 2. The van der Waals surface area contributed by atoms with Crippen molar-refractivity contribution in [1.29, 1.82) is 0 Å². The summed E-state index contributed by atoms with van der Waals surface area (Å²) in [7, 11) is 1.66. The van der Waals surface area contributed by atoms with Crippen LogP contribution in [0, 0.1) is 5.92 Å². The van der Waals surface area contributed by atoms with Crippen LogP contribution in [0.1, 0.15) is 31.2 Å². The molecule has 0 heterocycles. The fraction of sp³-hybridized carbons (Fsp3) is 0.500. The SMILES string of the molecule is COc1ccc(C(Cl)CC(C)C)c(Br)c1. The van der Waals surface area contributed by atoms with E-state index in [-0.39, 0.29) is 5.38 Å². The zero-order valence-electron chi connectivity index (χ0n) is 9.26. The Labute approximate surface area is 105 Å². The molecule has 1 unspecified atom stereocenters. The molecule has 0 aromatic heterocycles. The van der Waals surface area contributed by atoms with Crippen LogP contribution in [-0.2, 0) is 0 Å². The second-order valence-corrected chi connectivity index (χ2v) is 5.37. The average molecular weight is 292 g/mol. The van der Waals surface area contributed by atoms with Gasteiger partial charge < -0.3 is 4.74 Å². The van der Waals surface area contributed by atoms with Gasteiger partial charge in [-0.25, -0.2) is 0 Å². The first kappa shape index (κ1) is 12.9. The molecule has 1 rings (SSSR count). The number of alkyl halides is 1. The number of ether oxygens (including phenoxy) is 1. The molecule has 15 heavy (non-hydrogen) atoms. The van der Waals surface area contributed by atoms with Crippen molar-refractivity contribution in [3.05, 3.63) is 28.2 Å². The van der Waals surface area contributed by atoms with Crippen molar-refractivity contribution in [3.8, 4) is 5.75 Å². The lowest BCUT2D eigenvalue weighted by molar-refractivity contribution is 0.414. The summed E-state index contributed by atoms with van der Waals surface area (Å²) in [5, 5.41) is 0.0604. The van der Waals surface area contributed by atoms with Crippen LogP contribution in [-0.4, -0.2) is 7.11 Å². The molecular weight excluding hydrogens is 275 g/mol. The summed E-state index contributed by atoms with van der Waals surface area (Å²) >= 11 is 9.85. The van der Waals surface area contributed by atoms with E-state index in [4.69, 9.17) is 16.3 Å². The molecule has 0 amide bonds. The first-order valence-corrected chi connectivity index (χ1v) is 6.25. The van der Waals surface area contributed by atoms with Crippen LogP contribution in [0.2, 0.25) is 0 Å². The van der Waals surface area contributed by atoms with Crippen LogP contribution in [0.3, 0.4) is 0 Å². The topological polar surface area (TPSA) is 9.23 Å². The van der Waals surface area contributed by atoms with Crippen molar-refractivity contribution in [2.75, 3.05) is 7.11 Å². The number of hydrogen-bond acceptors (Lipinski definition) is 1. The van der Waals surface area contributed by atoms with Gasteiger partial charge in [0.25, 0.3) is 0 Å². The lowest BCUT2D eigenvalue weighted by Crippen LogP contribution is -1.97. The molecular formula is C12H16BrClO. The van der Waals surface area contributed by atoms with Crippen molar-refractivity contribution >= 4 is 27.5 Å². The fourth-order valence-corrected chi connectivity index (χ4v) is 2.74. The smallest absolute Gasteiger partial charge is 0.120 e. The van der Waals surface area contributed by atoms with Crippen LogP contribution in [0.25, 0.3) is 0 Å². The van der Waals surface area contributed by atoms with Crippen LogP contribution >= 0.6 is 27.5 Å². The molecule has 0 aliphatic carbocycles. The van der Waals surface area contributed by atoms with E-state index >= 15 is 0 Å². The normalized spacial score (nSPS) is 12.9. The Hall–Kier alpha value is -0.210. The van der Waals surface area contributed by atoms with E-state index in [0.717, 1.165) is 22.2 Å². The summed E-state index contributed by atoms with van der Waals surface area (Å²) in [4.78, 5) is 0. The van der Waals surface area contributed by atoms with Gasteiger partial charge in [-0.15, -0.1) is 11.6 Å². The number of hydrogen-bond donors (Lipinski definition) is 0. The highest BCUT2D eigenvalue weighted by molar-refractivity contribution is 9.10. The molecule has 0 N–H and O–H groups in total. The number of methoxy groups -OCH3 is 1. The van der Waals surface area contributed by atoms with E-state index in [9.17, 15) is 0 Å². The van der Waals surface area contributed by atoms with Gasteiger partial charge in [0.15, 0.2) is 0 Å². The second kappa shape index (κ2) is 5.76. The van der Waals surface area contributed by atoms with E-state index in [0.29, 0.717) is 5.92 Å². The lowest BCUT2D eigenvalue weighted by atomic mass is 10.0. The van der Waals surface area contributed by atoms with Crippen molar-refractivity contribution in [1.82, 2.24) is 0 Å². The van der Waals surface area contributed by atoms with E-state index in [2.05, 4.69) is 29.8 Å². The maximum Gasteiger partial charge on any atom is 0.120 e. The molecule has 1 atom stereocenters. The minimum atomic E-state index is 0.0604. The van der Waals surface area contributed by atoms with E-state index < -0.39 is 0 Å². The molecule has 1 aromatic carbocycles. The maximum absolute atomic E-state index is 6.33. The van der Waals surface area contributed by atoms with Gasteiger partial charge in [0.05, 0.1) is 12.5 Å². The third-order valence-electron chi connectivity index (χ3n) is 2.22. The van der Waals surface area contributed by atoms with Gasteiger partial charge in [-0.2, -0.15) is 0 Å². The third-order valence-corrected chi connectivity index (χ3v) is 3.32. The third kappa shape index (κ3) is 3.69. The van der Waals surface area contributed by atoms with Crippen molar-refractivity contribution in [2.24, 2.45) is 5.92 Å². The molecule has 0 saturated heterocycles. The summed E-state index contributed by atoms with van der Waals surface area (Å²) in [6, 6.07) is 5.91. The molecule has 0 saturated carbocycles. The second-order valence-electron chi connectivity index (χ2n) is 3.98. The predicted molar refractivity (Wildman–Crippen MR) is 68.7 cm³/mol. The van der Waals surface area contributed by atoms with Crippen LogP contribution < -0.4 is 4.74 Å². The average Bonchev–Trinajstić information content (AvgIpc) is 2.16. The molecule has 0 spiro atoms. The minimum Gasteiger partial charge on any atom is -0.497 e. The minimum absolute atomic E-state index is 0.0604. The monoisotopic (exact) mass is 290 g/mol. The number of benzene rings is 1. The van der Waals surface area contributed by atoms with Gasteiger partial charge in [0.1, 0.15) is 5.75 Å². The zero-order valence-corrected chi connectivity index (χ0v) is 11.6. The Balaban J connectivity index is 2.85. The fourth-order valence-electron chi connectivity index (χ4n) is 1.43. The quantitative estimate of drug-likeness (QED) is 0.725. The van der Waals surface area contributed by atoms with Gasteiger partial charge >= 0.3 is 0 Å². The standard InChI is InChI=1S/C12H16BrClO/c1-8(2)6-12(14)10-5-4-9(15-3)7-11(10)13/h4-5,7-8,12H,6H2,1-3H3. The largest absolute Gasteiger partial charge is 0.497 e. The Morgan fingerprint density at radius 1 is 1.40 bits per heavy atom. The molecule has 0 fully saturated rings. The first-order valence-electron chi connectivity index (χ1n) is 5.02. The van der Waals surface area contributed by atoms with E-state index in [1.54, 1.807) is 7.11 Å². The highest BCUT2D eigenvalue weighted by Gasteiger charge is 2.13. The maximum atomic E-state index is 6.33. The molecule has 1 aromatic rings. The Bertz CT molecular complexity index is 325. The molecule has 0 aliphatic heterocycles. The van der Waals surface area contributed by atoms with Crippen molar-refractivity contribution in [2.45, 2.75) is 25.6 Å². The van der Waals surface area contributed by atoms with Crippen LogP contribution in [0.4, 0.5) is 0 Å². The highest BCUT2D eigenvalue weighted by atomic mass is 79.9. The molecule has 1 nitrogen and oxygen atoms in total. The molecule has 0 radical (unpaired) electrons. The van der Waals surface area contributed by atoms with Gasteiger partial charge in [-0.1, -0.05) is 35.8 Å². The first-order chi connectivity index (χ1) is 7.04. The van der Waals surface area contributed by atoms with Crippen LogP contribution in [0.15, 0.2) is 22.7 Å². The van der Waals surface area contributed by atoms with E-state index in [1.165, 1.54) is 0 Å². The van der Waals surface area contributed by atoms with Crippen LogP contribution in [0.5, 0.6) is 5.75 Å². The molecule has 0 bridgehead atoms. The highest BCUT2D eigenvalue weighted by Crippen LogP contribution is 2.34. The Morgan fingerprint density at radius 3 is 2.53 bits per heavy atom. The number of rotatable bonds is 4. The molecule has 84 valence electrons. The van der Waals surface area contributed by atoms with Gasteiger partial charge in [-0.05, 0) is 30.0 Å². The van der Waals surface area contributed by atoms with Gasteiger partial charge in [0, 0.05) is 4.47 Å². The summed E-state index contributed by atoms with van der Waals surface area (Å²) in [6.07, 6.45) is 0.979. The predicted octanol–water partition coefficient (Wildman–Crippen LogP) is 4.78. The van der Waals surface area contributed by atoms with E-state index in [1.807, 2.05) is 18.2 Å². The molecule has 0 aliphatic rings. The van der Waals surface area contributed by atoms with Gasteiger partial charge in [-0.3, -0.25) is 0 Å². The summed E-state index contributed by atoms with van der Waals surface area (Å²) in [6.45, 7) is 4.35. The van der Waals surface area contributed by atoms with Crippen molar-refractivity contribution in [3.63, 3.8) is 0 Å². The summed E-state index contributed by atoms with van der Waals surface area (Å²) in [5.41, 5.74) is 1.13. The van der Waals surface area contributed by atoms with Gasteiger partial charge in [0.2, 0.25) is 0 Å². The summed E-state index contributed by atoms with van der Waals surface area (Å²) in [5.74, 6) is 1.44. The summed E-state index contributed by atoms with van der Waals surface area (Å²) < 4.78 is 6.15. The zero-order chi connectivity index (χ0) is 11.4. The Kier molecular flexibility index (Phi) is 4.94. The molecule has 3 heteroatoms. The Morgan fingerprint density at radius 2 is 2.07 bits per heavy atom. The van der Waals surface area contributed by atoms with Crippen molar-refractivity contribution < 1.29 is 4.74 Å². The lowest BCUT2D eigenvalue weighted by Gasteiger charge is -2.14.